The molecule has 2 aromatic heterocycles. The van der Waals surface area contributed by atoms with Crippen molar-refractivity contribution in [2.24, 2.45) is 12.8 Å². The van der Waals surface area contributed by atoms with Crippen molar-refractivity contribution in [2.45, 2.75) is 38.3 Å². The Morgan fingerprint density at radius 2 is 2.14 bits per heavy atom. The minimum Gasteiger partial charge on any atom is -0.377 e. The highest BCUT2D eigenvalue weighted by atomic mass is 19.4. The first-order valence-corrected chi connectivity index (χ1v) is 11.3. The van der Waals surface area contributed by atoms with Crippen LogP contribution in [0.4, 0.5) is 29.5 Å². The van der Waals surface area contributed by atoms with E-state index in [0.29, 0.717) is 19.3 Å². The fourth-order valence-electron chi connectivity index (χ4n) is 4.33. The molecule has 0 aliphatic carbocycles. The molecule has 2 aromatic rings. The van der Waals surface area contributed by atoms with Crippen LogP contribution in [0.5, 0.6) is 5.75 Å². The molecule has 0 aromatic carbocycles. The Morgan fingerprint density at radius 1 is 1.38 bits per heavy atom. The van der Waals surface area contributed by atoms with Crippen molar-refractivity contribution in [3.05, 3.63) is 44.9 Å². The van der Waals surface area contributed by atoms with Gasteiger partial charge in [0.15, 0.2) is 12.0 Å². The molecule has 0 radical (unpaired) electrons. The summed E-state index contributed by atoms with van der Waals surface area (Å²) in [5.41, 5.74) is 4.63. The van der Waals surface area contributed by atoms with Crippen molar-refractivity contribution in [1.29, 1.82) is 0 Å². The van der Waals surface area contributed by atoms with Gasteiger partial charge in [0.25, 0.3) is 5.56 Å². The van der Waals surface area contributed by atoms with Gasteiger partial charge < -0.3 is 20.8 Å². The molecule has 0 spiro atoms. The molecule has 4 N–H and O–H groups in total. The summed E-state index contributed by atoms with van der Waals surface area (Å²) in [6.45, 7) is 2.95. The number of alkyl halides is 3. The summed E-state index contributed by atoms with van der Waals surface area (Å²) in [7, 11) is 1.36. The molecule has 1 fully saturated rings. The van der Waals surface area contributed by atoms with E-state index < -0.39 is 41.1 Å². The number of nitrogens with one attached hydrogen (secondary N) is 2. The smallest absolute Gasteiger partial charge is 0.377 e. The lowest BCUT2D eigenvalue weighted by Crippen LogP contribution is -2.56. The van der Waals surface area contributed by atoms with Gasteiger partial charge in [0.05, 0.1) is 6.54 Å². The van der Waals surface area contributed by atoms with Crippen LogP contribution in [0.25, 0.3) is 0 Å². The SMILES string of the molecule is CC#CCN1c2c(n(C)c(=O)n(C(=O)NOc3ccncc3C(F)(F)F)c2=O)NC1N1CCCC(N)C1. The van der Waals surface area contributed by atoms with Gasteiger partial charge in [-0.2, -0.15) is 23.2 Å². The quantitative estimate of drug-likeness (QED) is 0.386. The first-order valence-electron chi connectivity index (χ1n) is 11.3. The molecular formula is C22H25F3N8O4. The van der Waals surface area contributed by atoms with Crippen LogP contribution in [-0.2, 0) is 13.2 Å². The number of anilines is 2. The maximum absolute atomic E-state index is 13.4. The Balaban J connectivity index is 1.69. The molecular weight excluding hydrogens is 497 g/mol. The summed E-state index contributed by atoms with van der Waals surface area (Å²) >= 11 is 0. The molecule has 12 nitrogen and oxygen atoms in total. The molecule has 198 valence electrons. The van der Waals surface area contributed by atoms with Crippen molar-refractivity contribution in [1.82, 2.24) is 24.5 Å². The van der Waals surface area contributed by atoms with E-state index in [1.54, 1.807) is 17.3 Å². The van der Waals surface area contributed by atoms with Crippen LogP contribution in [0.2, 0.25) is 0 Å². The number of aromatic nitrogens is 3. The maximum Gasteiger partial charge on any atom is 0.421 e. The molecule has 2 aliphatic heterocycles. The molecule has 2 aliphatic rings. The minimum atomic E-state index is -4.81. The number of carbonyl (C=O) groups excluding carboxylic acids is 1. The molecule has 15 heteroatoms. The summed E-state index contributed by atoms with van der Waals surface area (Å²) in [5, 5.41) is 3.17. The number of halogens is 3. The third-order valence-corrected chi connectivity index (χ3v) is 6.09. The van der Waals surface area contributed by atoms with Crippen molar-refractivity contribution >= 4 is 17.5 Å². The molecule has 1 saturated heterocycles. The molecule has 2 atom stereocenters. The van der Waals surface area contributed by atoms with Gasteiger partial charge in [0.2, 0.25) is 0 Å². The number of piperidine rings is 1. The second kappa shape index (κ2) is 10.1. The van der Waals surface area contributed by atoms with Gasteiger partial charge >= 0.3 is 17.9 Å². The molecule has 37 heavy (non-hydrogen) atoms. The van der Waals surface area contributed by atoms with E-state index in [-0.39, 0.29) is 28.7 Å². The van der Waals surface area contributed by atoms with E-state index in [4.69, 9.17) is 10.6 Å². The number of amides is 1. The Labute approximate surface area is 208 Å². The molecule has 4 rings (SSSR count). The highest BCUT2D eigenvalue weighted by Crippen LogP contribution is 2.35. The van der Waals surface area contributed by atoms with Gasteiger partial charge in [0.1, 0.15) is 17.1 Å². The Bertz CT molecular complexity index is 1380. The average Bonchev–Trinajstić information content (AvgIpc) is 3.24. The third-order valence-electron chi connectivity index (χ3n) is 6.09. The fourth-order valence-corrected chi connectivity index (χ4v) is 4.33. The number of rotatable bonds is 4. The number of hydrogen-bond donors (Lipinski definition) is 3. The highest BCUT2D eigenvalue weighted by Gasteiger charge is 2.40. The van der Waals surface area contributed by atoms with Crippen molar-refractivity contribution < 1.29 is 22.8 Å². The zero-order chi connectivity index (χ0) is 26.9. The highest BCUT2D eigenvalue weighted by molar-refractivity contribution is 5.80. The molecule has 2 unspecified atom stereocenters. The zero-order valence-corrected chi connectivity index (χ0v) is 20.0. The van der Waals surface area contributed by atoms with Crippen LogP contribution in [-0.4, -0.2) is 57.0 Å². The molecule has 1 amide bonds. The maximum atomic E-state index is 13.4. The Kier molecular flexibility index (Phi) is 7.14. The van der Waals surface area contributed by atoms with Crippen molar-refractivity contribution in [2.75, 3.05) is 29.9 Å². The second-order valence-corrected chi connectivity index (χ2v) is 8.53. The number of nitrogens with zero attached hydrogens (tertiary/aromatic N) is 5. The van der Waals surface area contributed by atoms with E-state index in [2.05, 4.69) is 22.1 Å². The van der Waals surface area contributed by atoms with E-state index in [1.165, 1.54) is 7.05 Å². The van der Waals surface area contributed by atoms with Gasteiger partial charge in [-0.25, -0.2) is 9.59 Å². The largest absolute Gasteiger partial charge is 0.421 e. The van der Waals surface area contributed by atoms with Crippen LogP contribution >= 0.6 is 0 Å². The first-order chi connectivity index (χ1) is 17.5. The lowest BCUT2D eigenvalue weighted by atomic mass is 10.1. The van der Waals surface area contributed by atoms with Crippen LogP contribution in [0.15, 0.2) is 28.0 Å². The second-order valence-electron chi connectivity index (χ2n) is 8.53. The lowest BCUT2D eigenvalue weighted by molar-refractivity contribution is -0.139. The van der Waals surface area contributed by atoms with Gasteiger partial charge in [-0.15, -0.1) is 5.92 Å². The summed E-state index contributed by atoms with van der Waals surface area (Å²) in [6.07, 6.45) is -2.13. The number of nitrogens with two attached hydrogens (primary N) is 1. The summed E-state index contributed by atoms with van der Waals surface area (Å²) < 4.78 is 41.0. The fraction of sp³-hybridized carbons (Fsp3) is 0.455. The molecule has 0 saturated carbocycles. The summed E-state index contributed by atoms with van der Waals surface area (Å²) in [6, 6.07) is -0.560. The monoisotopic (exact) mass is 522 g/mol. The topological polar surface area (TPSA) is 140 Å². The Hall–Kier alpha value is -4.03. The van der Waals surface area contributed by atoms with Crippen LogP contribution in [0, 0.1) is 11.8 Å². The lowest BCUT2D eigenvalue weighted by Gasteiger charge is -2.39. The van der Waals surface area contributed by atoms with Gasteiger partial charge in [-0.05, 0) is 19.8 Å². The van der Waals surface area contributed by atoms with Gasteiger partial charge in [-0.3, -0.25) is 19.2 Å². The standard InChI is InChI=1S/C22H25F3N8O4/c1-3-4-10-32-16-17(28-19(32)31-9-5-6-13(26)12-31)30(2)21(36)33(18(16)34)20(35)29-37-15-7-8-27-11-14(15)22(23,24)25/h7-8,11,13,19,28H,5-6,9-10,12,26H2,1-2H3,(H,29,35). The third kappa shape index (κ3) is 4.98. The number of carbonyl (C=O) groups is 1. The molecule has 0 bridgehead atoms. The van der Waals surface area contributed by atoms with Crippen LogP contribution < -0.4 is 37.5 Å². The summed E-state index contributed by atoms with van der Waals surface area (Å²) in [4.78, 5) is 51.2. The van der Waals surface area contributed by atoms with Crippen LogP contribution in [0.3, 0.4) is 0 Å². The number of hydroxylamine groups is 1. The first kappa shape index (κ1) is 26.0. The van der Waals surface area contributed by atoms with E-state index in [9.17, 15) is 27.6 Å². The predicted octanol–water partition coefficient (Wildman–Crippen LogP) is 0.474. The zero-order valence-electron chi connectivity index (χ0n) is 20.0. The van der Waals surface area contributed by atoms with E-state index in [0.717, 1.165) is 29.7 Å². The molecule has 4 heterocycles. The minimum absolute atomic E-state index is 0.00374. The van der Waals surface area contributed by atoms with Gasteiger partial charge in [0, 0.05) is 44.6 Å². The van der Waals surface area contributed by atoms with E-state index >= 15 is 0 Å². The van der Waals surface area contributed by atoms with E-state index in [1.807, 2.05) is 4.90 Å². The summed E-state index contributed by atoms with van der Waals surface area (Å²) in [5.74, 6) is 5.07. The van der Waals surface area contributed by atoms with Crippen molar-refractivity contribution in [3.63, 3.8) is 0 Å². The number of likely N-dealkylation sites (tertiary alicyclic amines) is 1. The normalized spacial score (nSPS) is 19.5. The Morgan fingerprint density at radius 3 is 2.81 bits per heavy atom. The van der Waals surface area contributed by atoms with Crippen LogP contribution in [0.1, 0.15) is 25.3 Å². The van der Waals surface area contributed by atoms with Gasteiger partial charge in [-0.1, -0.05) is 5.92 Å². The number of pyridine rings is 1. The van der Waals surface area contributed by atoms with Crippen molar-refractivity contribution in [3.8, 4) is 17.6 Å². The average molecular weight is 522 g/mol. The number of fused-ring (bicyclic) bond motifs is 1. The number of hydrogen-bond acceptors (Lipinski definition) is 9. The predicted molar refractivity (Wildman–Crippen MR) is 127 cm³/mol.